The van der Waals surface area contributed by atoms with Crippen LogP contribution in [0.25, 0.3) is 0 Å². The lowest BCUT2D eigenvalue weighted by atomic mass is 9.95. The van der Waals surface area contributed by atoms with Crippen molar-refractivity contribution < 1.29 is 9.18 Å². The van der Waals surface area contributed by atoms with E-state index >= 15 is 0 Å². The van der Waals surface area contributed by atoms with Crippen LogP contribution in [-0.2, 0) is 4.79 Å². The summed E-state index contributed by atoms with van der Waals surface area (Å²) >= 11 is 1.53. The van der Waals surface area contributed by atoms with E-state index < -0.39 is 0 Å². The topological polar surface area (TPSA) is 58.1 Å². The second kappa shape index (κ2) is 7.61. The zero-order valence-electron chi connectivity index (χ0n) is 14.4. The molecule has 136 valence electrons. The Morgan fingerprint density at radius 2 is 2.08 bits per heavy atom. The molecule has 2 atom stereocenters. The summed E-state index contributed by atoms with van der Waals surface area (Å²) in [4.78, 5) is 24.2. The number of benzene rings is 1. The van der Waals surface area contributed by atoms with Crippen LogP contribution in [0.1, 0.15) is 30.9 Å². The van der Waals surface area contributed by atoms with Gasteiger partial charge in [0.25, 0.3) is 0 Å². The average Bonchev–Trinajstić information content (AvgIpc) is 2.69. The van der Waals surface area contributed by atoms with Gasteiger partial charge >= 0.3 is 0 Å². The summed E-state index contributed by atoms with van der Waals surface area (Å²) in [6.45, 7) is 1.48. The molecule has 1 aromatic heterocycles. The fourth-order valence-corrected chi connectivity index (χ4v) is 4.79. The number of rotatable bonds is 3. The maximum atomic E-state index is 14.0. The molecule has 1 N–H and O–H groups in total. The van der Waals surface area contributed by atoms with Gasteiger partial charge in [-0.3, -0.25) is 4.79 Å². The molecular formula is C19H21FN4OS. The summed E-state index contributed by atoms with van der Waals surface area (Å²) in [5.74, 6) is 1.23. The lowest BCUT2D eigenvalue weighted by Crippen LogP contribution is -2.45. The minimum absolute atomic E-state index is 0.0396. The fourth-order valence-electron chi connectivity index (χ4n) is 3.65. The third kappa shape index (κ3) is 3.53. The number of nitrogens with zero attached hydrogens (tertiary/aromatic N) is 3. The molecule has 1 saturated heterocycles. The second-order valence-corrected chi connectivity index (χ2v) is 7.80. The van der Waals surface area contributed by atoms with Gasteiger partial charge < -0.3 is 10.2 Å². The number of thioether (sulfide) groups is 1. The van der Waals surface area contributed by atoms with Crippen molar-refractivity contribution in [2.75, 3.05) is 23.7 Å². The molecule has 1 fully saturated rings. The lowest BCUT2D eigenvalue weighted by molar-refractivity contribution is -0.126. The number of piperidine rings is 1. The number of carbonyl (C=O) groups is 1. The predicted octanol–water partition coefficient (Wildman–Crippen LogP) is 3.19. The first-order valence-corrected chi connectivity index (χ1v) is 9.94. The van der Waals surface area contributed by atoms with Gasteiger partial charge in [0.05, 0.1) is 12.0 Å². The van der Waals surface area contributed by atoms with Crippen molar-refractivity contribution in [3.8, 4) is 0 Å². The Morgan fingerprint density at radius 1 is 1.23 bits per heavy atom. The predicted molar refractivity (Wildman–Crippen MR) is 99.6 cm³/mol. The second-order valence-electron chi connectivity index (χ2n) is 6.69. The molecule has 1 aromatic carbocycles. The smallest absolute Gasteiger partial charge is 0.225 e. The zero-order valence-corrected chi connectivity index (χ0v) is 15.2. The Balaban J connectivity index is 1.45. The Kier molecular flexibility index (Phi) is 5.06. The van der Waals surface area contributed by atoms with Crippen LogP contribution in [0.15, 0.2) is 41.6 Å². The van der Waals surface area contributed by atoms with E-state index in [0.29, 0.717) is 17.4 Å². The molecule has 5 nitrogen and oxygen atoms in total. The Bertz CT molecular complexity index is 788. The fraction of sp³-hybridized carbons (Fsp3) is 0.421. The van der Waals surface area contributed by atoms with Crippen LogP contribution in [0.3, 0.4) is 0 Å². The normalized spacial score (nSPS) is 22.6. The van der Waals surface area contributed by atoms with Gasteiger partial charge in [-0.2, -0.15) is 0 Å². The van der Waals surface area contributed by atoms with E-state index in [2.05, 4.69) is 20.2 Å². The maximum Gasteiger partial charge on any atom is 0.225 e. The first-order valence-electron chi connectivity index (χ1n) is 8.96. The van der Waals surface area contributed by atoms with E-state index in [1.807, 2.05) is 6.07 Å². The van der Waals surface area contributed by atoms with Gasteiger partial charge in [0.2, 0.25) is 11.9 Å². The van der Waals surface area contributed by atoms with Crippen molar-refractivity contribution >= 4 is 23.6 Å². The van der Waals surface area contributed by atoms with Crippen molar-refractivity contribution in [3.63, 3.8) is 0 Å². The van der Waals surface area contributed by atoms with Crippen LogP contribution in [-0.4, -0.2) is 34.7 Å². The van der Waals surface area contributed by atoms with Gasteiger partial charge in [0, 0.05) is 36.1 Å². The molecule has 26 heavy (non-hydrogen) atoms. The molecule has 0 spiro atoms. The number of halogens is 1. The third-order valence-electron chi connectivity index (χ3n) is 4.97. The van der Waals surface area contributed by atoms with Crippen molar-refractivity contribution in [2.24, 2.45) is 5.92 Å². The summed E-state index contributed by atoms with van der Waals surface area (Å²) in [5, 5.41) is 3.16. The highest BCUT2D eigenvalue weighted by Crippen LogP contribution is 2.38. The van der Waals surface area contributed by atoms with Crippen molar-refractivity contribution in [1.29, 1.82) is 0 Å². The van der Waals surface area contributed by atoms with Crippen LogP contribution in [0.2, 0.25) is 0 Å². The van der Waals surface area contributed by atoms with Crippen LogP contribution in [0.4, 0.5) is 10.3 Å². The summed E-state index contributed by atoms with van der Waals surface area (Å²) in [5.41, 5.74) is 0.897. The molecule has 4 rings (SSSR count). The van der Waals surface area contributed by atoms with Crippen LogP contribution in [0, 0.1) is 11.7 Å². The van der Waals surface area contributed by atoms with Gasteiger partial charge in [-0.1, -0.05) is 12.1 Å². The molecule has 2 aliphatic heterocycles. The molecular weight excluding hydrogens is 351 g/mol. The summed E-state index contributed by atoms with van der Waals surface area (Å²) in [6.07, 6.45) is 6.05. The first kappa shape index (κ1) is 17.3. The zero-order chi connectivity index (χ0) is 17.9. The van der Waals surface area contributed by atoms with E-state index in [-0.39, 0.29) is 23.7 Å². The lowest BCUT2D eigenvalue weighted by Gasteiger charge is -2.33. The molecule has 7 heteroatoms. The van der Waals surface area contributed by atoms with Crippen LogP contribution in [0.5, 0.6) is 0 Å². The standard InChI is InChI=1S/C19H21FN4OS/c20-15-6-1-5-14-16(7-11-26-17(14)15)23-18(25)13-4-2-10-24(12-13)19-21-8-3-9-22-19/h1,3,5-6,8-9,13,16H,2,4,7,10-12H2,(H,23,25)/t13-,16+/m1/s1. The molecule has 0 radical (unpaired) electrons. The third-order valence-corrected chi connectivity index (χ3v) is 6.13. The first-order chi connectivity index (χ1) is 12.7. The van der Waals surface area contributed by atoms with Gasteiger partial charge in [0.1, 0.15) is 5.82 Å². The molecule has 0 unspecified atom stereocenters. The number of hydrogen-bond donors (Lipinski definition) is 1. The van der Waals surface area contributed by atoms with Gasteiger partial charge in [0.15, 0.2) is 0 Å². The molecule has 0 bridgehead atoms. The number of nitrogens with one attached hydrogen (secondary N) is 1. The molecule has 0 aliphatic carbocycles. The average molecular weight is 372 g/mol. The van der Waals surface area contributed by atoms with E-state index in [9.17, 15) is 9.18 Å². The minimum atomic E-state index is -0.198. The summed E-state index contributed by atoms with van der Waals surface area (Å²) in [7, 11) is 0. The SMILES string of the molecule is O=C(N[C@H]1CCSc2c(F)cccc21)[C@@H]1CCCN(c2ncccn2)C1. The highest BCUT2D eigenvalue weighted by atomic mass is 32.2. The minimum Gasteiger partial charge on any atom is -0.349 e. The van der Waals surface area contributed by atoms with Gasteiger partial charge in [-0.25, -0.2) is 14.4 Å². The molecule has 2 aromatic rings. The number of fused-ring (bicyclic) bond motifs is 1. The molecule has 1 amide bonds. The van der Waals surface area contributed by atoms with E-state index in [1.54, 1.807) is 24.5 Å². The number of amides is 1. The highest BCUT2D eigenvalue weighted by molar-refractivity contribution is 7.99. The number of hydrogen-bond acceptors (Lipinski definition) is 5. The summed E-state index contributed by atoms with van der Waals surface area (Å²) < 4.78 is 14.0. The Hall–Kier alpha value is -2.15. The van der Waals surface area contributed by atoms with Crippen molar-refractivity contribution in [2.45, 2.75) is 30.2 Å². The van der Waals surface area contributed by atoms with Crippen molar-refractivity contribution in [1.82, 2.24) is 15.3 Å². The van der Waals surface area contributed by atoms with E-state index in [1.165, 1.54) is 17.8 Å². The largest absolute Gasteiger partial charge is 0.349 e. The molecule has 3 heterocycles. The van der Waals surface area contributed by atoms with Crippen LogP contribution < -0.4 is 10.2 Å². The van der Waals surface area contributed by atoms with Gasteiger partial charge in [-0.05, 0) is 37.0 Å². The molecule has 2 aliphatic rings. The Labute approximate surface area is 156 Å². The van der Waals surface area contributed by atoms with Crippen LogP contribution >= 0.6 is 11.8 Å². The van der Waals surface area contributed by atoms with E-state index in [0.717, 1.165) is 37.1 Å². The van der Waals surface area contributed by atoms with E-state index in [4.69, 9.17) is 0 Å². The highest BCUT2D eigenvalue weighted by Gasteiger charge is 2.30. The van der Waals surface area contributed by atoms with Gasteiger partial charge in [-0.15, -0.1) is 11.8 Å². The monoisotopic (exact) mass is 372 g/mol. The molecule has 0 saturated carbocycles. The van der Waals surface area contributed by atoms with Crippen molar-refractivity contribution in [3.05, 3.63) is 48.0 Å². The number of anilines is 1. The number of aromatic nitrogens is 2. The maximum absolute atomic E-state index is 14.0. The quantitative estimate of drug-likeness (QED) is 0.897. The Morgan fingerprint density at radius 3 is 2.92 bits per heavy atom. The number of carbonyl (C=O) groups excluding carboxylic acids is 1. The summed E-state index contributed by atoms with van der Waals surface area (Å²) in [6, 6.07) is 6.79.